The number of hydrogen-bond donors (Lipinski definition) is 0. The minimum Gasteiger partial charge on any atom is -0.203 e. The van der Waals surface area contributed by atoms with Crippen LogP contribution >= 0.6 is 0 Å². The Morgan fingerprint density at radius 3 is 1.35 bits per heavy atom. The topological polar surface area (TPSA) is 95.2 Å². The first-order valence-corrected chi connectivity index (χ1v) is 14.7. The van der Waals surface area contributed by atoms with Crippen LogP contribution in [0, 0.1) is 109 Å². The molecule has 0 saturated heterocycles. The first kappa shape index (κ1) is 33.6. The number of benzene rings is 5. The van der Waals surface area contributed by atoms with Crippen LogP contribution in [0.4, 0.5) is 43.9 Å². The molecule has 0 bridgehead atoms. The minimum absolute atomic E-state index is 0.00577. The molecule has 0 heterocycles. The molecule has 2 aliphatic rings. The van der Waals surface area contributed by atoms with Gasteiger partial charge in [0.1, 0.15) is 23.6 Å². The molecule has 1 atom stereocenters. The molecule has 7 rings (SSSR count). The van der Waals surface area contributed by atoms with Crippen molar-refractivity contribution in [3.63, 3.8) is 0 Å². The Hall–Kier alpha value is -6.90. The standard InChI is InChI=1S/C38H10F10N4/c39-29-27(30(40)34(44)37(47)33(29)43)13-1-3-17-19-7-24-20(8-23(19)25(21(17)5-13)15(9-49)10-50)18-4-2-14(6-22(18)26(24)16(11-51)12-52)28-31(41)35(45)38(48)36(46)32(28)42/h1-8,15,25H. The van der Waals surface area contributed by atoms with Gasteiger partial charge >= 0.3 is 0 Å². The number of fused-ring (bicyclic) bond motifs is 6. The molecule has 0 fully saturated rings. The average Bonchev–Trinajstić information content (AvgIpc) is 3.63. The van der Waals surface area contributed by atoms with Crippen LogP contribution in [-0.2, 0) is 0 Å². The van der Waals surface area contributed by atoms with Crippen molar-refractivity contribution >= 4 is 5.57 Å². The summed E-state index contributed by atoms with van der Waals surface area (Å²) in [7, 11) is 0. The van der Waals surface area contributed by atoms with Crippen LogP contribution in [0.15, 0.2) is 54.1 Å². The third-order valence-corrected chi connectivity index (χ3v) is 9.13. The van der Waals surface area contributed by atoms with Gasteiger partial charge in [-0.2, -0.15) is 21.0 Å². The van der Waals surface area contributed by atoms with Crippen molar-refractivity contribution in [1.82, 2.24) is 0 Å². The SMILES string of the molecule is N#CC(C#N)=C1c2cc(-c3c(F)c(F)c(F)c(F)c3F)ccc2-c2cc3c(cc21)-c1ccc(-c2c(F)c(F)c(F)c(F)c2F)cc1C3C(C#N)C#N. The molecule has 0 aliphatic heterocycles. The van der Waals surface area contributed by atoms with E-state index in [0.29, 0.717) is 0 Å². The highest BCUT2D eigenvalue weighted by Gasteiger charge is 2.39. The average molecular weight is 713 g/mol. The molecule has 0 aromatic heterocycles. The number of nitriles is 4. The summed E-state index contributed by atoms with van der Waals surface area (Å²) in [6.45, 7) is 0. The van der Waals surface area contributed by atoms with Gasteiger partial charge in [-0.1, -0.05) is 24.3 Å². The predicted molar refractivity (Wildman–Crippen MR) is 162 cm³/mol. The lowest BCUT2D eigenvalue weighted by Crippen LogP contribution is -2.09. The van der Waals surface area contributed by atoms with E-state index in [1.54, 1.807) is 12.1 Å². The molecular weight excluding hydrogens is 702 g/mol. The van der Waals surface area contributed by atoms with E-state index in [2.05, 4.69) is 0 Å². The smallest absolute Gasteiger partial charge is 0.200 e. The second-order valence-electron chi connectivity index (χ2n) is 11.6. The van der Waals surface area contributed by atoms with Crippen LogP contribution in [0.1, 0.15) is 28.2 Å². The van der Waals surface area contributed by atoms with E-state index in [9.17, 15) is 65.0 Å². The molecule has 4 nitrogen and oxygen atoms in total. The quantitative estimate of drug-likeness (QED) is 0.0790. The maximum atomic E-state index is 14.8. The van der Waals surface area contributed by atoms with Crippen molar-refractivity contribution in [2.24, 2.45) is 5.92 Å². The number of nitrogens with zero attached hydrogens (tertiary/aromatic N) is 4. The molecule has 0 N–H and O–H groups in total. The van der Waals surface area contributed by atoms with Crippen molar-refractivity contribution in [3.8, 4) is 68.8 Å². The molecule has 52 heavy (non-hydrogen) atoms. The van der Waals surface area contributed by atoms with Gasteiger partial charge in [-0.25, -0.2) is 43.9 Å². The Bertz CT molecular complexity index is 2620. The highest BCUT2D eigenvalue weighted by Crippen LogP contribution is 2.55. The van der Waals surface area contributed by atoms with Crippen molar-refractivity contribution in [1.29, 1.82) is 21.0 Å². The molecule has 5 aromatic carbocycles. The Morgan fingerprint density at radius 1 is 0.442 bits per heavy atom. The van der Waals surface area contributed by atoms with Crippen molar-refractivity contribution in [2.75, 3.05) is 0 Å². The van der Waals surface area contributed by atoms with E-state index >= 15 is 0 Å². The lowest BCUT2D eigenvalue weighted by Gasteiger charge is -2.16. The monoisotopic (exact) mass is 712 g/mol. The Kier molecular flexibility index (Phi) is 7.66. The molecule has 2 aliphatic carbocycles. The second kappa shape index (κ2) is 11.9. The fourth-order valence-electron chi connectivity index (χ4n) is 6.87. The van der Waals surface area contributed by atoms with E-state index in [-0.39, 0.29) is 50.1 Å². The van der Waals surface area contributed by atoms with Crippen molar-refractivity contribution in [3.05, 3.63) is 135 Å². The van der Waals surface area contributed by atoms with Crippen LogP contribution in [-0.4, -0.2) is 0 Å². The Balaban J connectivity index is 1.48. The number of rotatable bonds is 3. The lowest BCUT2D eigenvalue weighted by atomic mass is 9.84. The summed E-state index contributed by atoms with van der Waals surface area (Å²) in [5, 5.41) is 39.6. The Labute approximate surface area is 285 Å². The summed E-state index contributed by atoms with van der Waals surface area (Å²) in [6, 6.07) is 16.8. The summed E-state index contributed by atoms with van der Waals surface area (Å²) in [6.07, 6.45) is 0. The molecule has 0 saturated carbocycles. The number of hydrogen-bond acceptors (Lipinski definition) is 4. The minimum atomic E-state index is -2.37. The Morgan fingerprint density at radius 2 is 0.865 bits per heavy atom. The molecule has 0 spiro atoms. The highest BCUT2D eigenvalue weighted by atomic mass is 19.2. The molecule has 5 aromatic rings. The van der Waals surface area contributed by atoms with Gasteiger partial charge in [0, 0.05) is 11.5 Å². The van der Waals surface area contributed by atoms with Crippen LogP contribution < -0.4 is 0 Å². The van der Waals surface area contributed by atoms with Crippen LogP contribution in [0.2, 0.25) is 0 Å². The van der Waals surface area contributed by atoms with Crippen molar-refractivity contribution in [2.45, 2.75) is 5.92 Å². The summed E-state index contributed by atoms with van der Waals surface area (Å²) < 4.78 is 143. The van der Waals surface area contributed by atoms with Gasteiger partial charge in [-0.15, -0.1) is 0 Å². The van der Waals surface area contributed by atoms with E-state index in [1.165, 1.54) is 24.3 Å². The maximum absolute atomic E-state index is 14.8. The third kappa shape index (κ3) is 4.44. The van der Waals surface area contributed by atoms with Gasteiger partial charge in [0.25, 0.3) is 0 Å². The molecule has 0 radical (unpaired) electrons. The van der Waals surface area contributed by atoms with Crippen LogP contribution in [0.25, 0.3) is 50.1 Å². The number of allylic oxidation sites excluding steroid dienone is 1. The van der Waals surface area contributed by atoms with E-state index in [1.807, 2.05) is 12.1 Å². The van der Waals surface area contributed by atoms with E-state index in [0.717, 1.165) is 24.3 Å². The molecule has 14 heteroatoms. The van der Waals surface area contributed by atoms with E-state index in [4.69, 9.17) is 0 Å². The largest absolute Gasteiger partial charge is 0.203 e. The zero-order valence-electron chi connectivity index (χ0n) is 25.3. The normalized spacial score (nSPS) is 13.4. The lowest BCUT2D eigenvalue weighted by molar-refractivity contribution is 0.381. The van der Waals surface area contributed by atoms with Crippen LogP contribution in [0.5, 0.6) is 0 Å². The summed E-state index contributed by atoms with van der Waals surface area (Å²) in [4.78, 5) is 0. The molecular formula is C38H10F10N4. The summed E-state index contributed by atoms with van der Waals surface area (Å²) in [5.74, 6) is -24.7. The van der Waals surface area contributed by atoms with Gasteiger partial charge in [0.15, 0.2) is 46.5 Å². The predicted octanol–water partition coefficient (Wildman–Crippen LogP) is 10.0. The van der Waals surface area contributed by atoms with Gasteiger partial charge in [-0.05, 0) is 79.9 Å². The maximum Gasteiger partial charge on any atom is 0.200 e. The first-order chi connectivity index (χ1) is 24.8. The molecule has 1 unspecified atom stereocenters. The van der Waals surface area contributed by atoms with E-state index < -0.39 is 97.8 Å². The molecule has 252 valence electrons. The zero-order chi connectivity index (χ0) is 37.5. The fourth-order valence-corrected chi connectivity index (χ4v) is 6.87. The second-order valence-corrected chi connectivity index (χ2v) is 11.6. The highest BCUT2D eigenvalue weighted by molar-refractivity contribution is 6.07. The summed E-state index contributed by atoms with van der Waals surface area (Å²) >= 11 is 0. The third-order valence-electron chi connectivity index (χ3n) is 9.13. The zero-order valence-corrected chi connectivity index (χ0v) is 25.3. The van der Waals surface area contributed by atoms with Gasteiger partial charge < -0.3 is 0 Å². The summed E-state index contributed by atoms with van der Waals surface area (Å²) in [5.41, 5.74) is -2.56. The van der Waals surface area contributed by atoms with Gasteiger partial charge in [-0.3, -0.25) is 0 Å². The fraction of sp³-hybridized carbons (Fsp3) is 0.0526. The van der Waals surface area contributed by atoms with Gasteiger partial charge in [0.05, 0.1) is 23.3 Å². The van der Waals surface area contributed by atoms with Crippen LogP contribution in [0.3, 0.4) is 0 Å². The first-order valence-electron chi connectivity index (χ1n) is 14.7. The van der Waals surface area contributed by atoms with Crippen molar-refractivity contribution < 1.29 is 43.9 Å². The van der Waals surface area contributed by atoms with Gasteiger partial charge in [0.2, 0.25) is 11.6 Å². The molecule has 0 amide bonds. The number of halogens is 10.